The Labute approximate surface area is 210 Å². The molecule has 4 aromatic rings. The van der Waals surface area contributed by atoms with Crippen LogP contribution in [0.4, 0.5) is 5.13 Å². The summed E-state index contributed by atoms with van der Waals surface area (Å²) in [6.45, 7) is 0.365. The molecule has 34 heavy (non-hydrogen) atoms. The number of hydrogen-bond donors (Lipinski definition) is 0. The Bertz CT molecular complexity index is 1250. The van der Waals surface area contributed by atoms with E-state index in [9.17, 15) is 4.79 Å². The highest BCUT2D eigenvalue weighted by Crippen LogP contribution is 2.39. The second kappa shape index (κ2) is 10.7. The van der Waals surface area contributed by atoms with E-state index in [-0.39, 0.29) is 5.91 Å². The molecule has 3 aromatic carbocycles. The van der Waals surface area contributed by atoms with Gasteiger partial charge in [-0.2, -0.15) is 0 Å². The summed E-state index contributed by atoms with van der Waals surface area (Å²) in [6.07, 6.45) is 0. The number of nitrogens with zero attached hydrogens (tertiary/aromatic N) is 2. The summed E-state index contributed by atoms with van der Waals surface area (Å²) in [5.74, 6) is 1.04. The third-order valence-electron chi connectivity index (χ3n) is 5.20. The number of halogens is 1. The minimum absolute atomic E-state index is 0.222. The largest absolute Gasteiger partial charge is 0.493 e. The number of carbonyl (C=O) groups is 1. The van der Waals surface area contributed by atoms with Gasteiger partial charge in [0.1, 0.15) is 0 Å². The molecule has 0 saturated heterocycles. The summed E-state index contributed by atoms with van der Waals surface area (Å²) in [6, 6.07) is 21.1. The van der Waals surface area contributed by atoms with Crippen LogP contribution in [-0.4, -0.2) is 32.2 Å². The number of rotatable bonds is 8. The van der Waals surface area contributed by atoms with Gasteiger partial charge in [0.25, 0.3) is 5.91 Å². The maximum absolute atomic E-state index is 13.8. The van der Waals surface area contributed by atoms with Gasteiger partial charge >= 0.3 is 0 Å². The van der Waals surface area contributed by atoms with Crippen LogP contribution in [-0.2, 0) is 6.54 Å². The summed E-state index contributed by atoms with van der Waals surface area (Å²) in [7, 11) is 4.58. The minimum atomic E-state index is -0.222. The smallest absolute Gasteiger partial charge is 0.260 e. The van der Waals surface area contributed by atoms with Crippen molar-refractivity contribution >= 4 is 38.3 Å². The number of ether oxygens (including phenoxy) is 3. The highest BCUT2D eigenvalue weighted by atomic mass is 79.9. The van der Waals surface area contributed by atoms with Crippen molar-refractivity contribution in [2.75, 3.05) is 26.2 Å². The fraction of sp³-hybridized carbons (Fsp3) is 0.154. The van der Waals surface area contributed by atoms with Crippen molar-refractivity contribution in [3.8, 4) is 28.5 Å². The monoisotopic (exact) mass is 538 g/mol. The summed E-state index contributed by atoms with van der Waals surface area (Å²) in [5.41, 5.74) is 3.18. The van der Waals surface area contributed by atoms with Crippen LogP contribution in [0, 0.1) is 0 Å². The number of carbonyl (C=O) groups excluding carboxylic acids is 1. The van der Waals surface area contributed by atoms with Crippen LogP contribution in [0.1, 0.15) is 15.9 Å². The van der Waals surface area contributed by atoms with Gasteiger partial charge in [-0.1, -0.05) is 58.4 Å². The van der Waals surface area contributed by atoms with E-state index in [0.717, 1.165) is 21.3 Å². The number of benzene rings is 3. The van der Waals surface area contributed by atoms with Gasteiger partial charge in [0.05, 0.1) is 33.6 Å². The molecule has 0 radical (unpaired) electrons. The lowest BCUT2D eigenvalue weighted by molar-refractivity contribution is 0.0984. The molecule has 4 rings (SSSR count). The van der Waals surface area contributed by atoms with Crippen molar-refractivity contribution in [1.82, 2.24) is 4.98 Å². The number of amides is 1. The first-order valence-corrected chi connectivity index (χ1v) is 12.1. The zero-order valence-electron chi connectivity index (χ0n) is 18.9. The zero-order chi connectivity index (χ0) is 24.1. The van der Waals surface area contributed by atoms with Gasteiger partial charge in [0.15, 0.2) is 16.6 Å². The number of aromatic nitrogens is 1. The minimum Gasteiger partial charge on any atom is -0.493 e. The van der Waals surface area contributed by atoms with Crippen molar-refractivity contribution < 1.29 is 19.0 Å². The first-order chi connectivity index (χ1) is 16.5. The maximum atomic E-state index is 13.8. The number of thiazole rings is 1. The second-order valence-electron chi connectivity index (χ2n) is 7.31. The fourth-order valence-corrected chi connectivity index (χ4v) is 4.59. The topological polar surface area (TPSA) is 60.9 Å². The highest BCUT2D eigenvalue weighted by molar-refractivity contribution is 9.10. The first-order valence-electron chi connectivity index (χ1n) is 10.4. The Balaban J connectivity index is 1.75. The molecule has 8 heteroatoms. The van der Waals surface area contributed by atoms with E-state index in [1.54, 1.807) is 17.0 Å². The van der Waals surface area contributed by atoms with Crippen molar-refractivity contribution in [1.29, 1.82) is 0 Å². The molecule has 174 valence electrons. The number of hydrogen-bond acceptors (Lipinski definition) is 6. The fourth-order valence-electron chi connectivity index (χ4n) is 3.49. The second-order valence-corrected chi connectivity index (χ2v) is 9.07. The van der Waals surface area contributed by atoms with E-state index in [4.69, 9.17) is 19.2 Å². The van der Waals surface area contributed by atoms with E-state index >= 15 is 0 Å². The van der Waals surface area contributed by atoms with E-state index in [1.807, 2.05) is 60.0 Å². The Morgan fingerprint density at radius 2 is 1.59 bits per heavy atom. The molecule has 0 N–H and O–H groups in total. The van der Waals surface area contributed by atoms with Crippen LogP contribution in [0.5, 0.6) is 17.2 Å². The molecular formula is C26H23BrN2O4S. The molecule has 0 aliphatic rings. The summed E-state index contributed by atoms with van der Waals surface area (Å²) < 4.78 is 17.3. The third kappa shape index (κ3) is 5.08. The Kier molecular flexibility index (Phi) is 7.49. The average molecular weight is 539 g/mol. The molecule has 0 aliphatic carbocycles. The lowest BCUT2D eigenvalue weighted by Gasteiger charge is -2.21. The van der Waals surface area contributed by atoms with Crippen molar-refractivity contribution in [3.63, 3.8) is 0 Å². The number of anilines is 1. The van der Waals surface area contributed by atoms with Gasteiger partial charge in [-0.15, -0.1) is 11.3 Å². The Hall–Kier alpha value is -3.36. The summed E-state index contributed by atoms with van der Waals surface area (Å²) >= 11 is 4.88. The van der Waals surface area contributed by atoms with Crippen molar-refractivity contribution in [2.24, 2.45) is 0 Å². The van der Waals surface area contributed by atoms with E-state index in [0.29, 0.717) is 34.5 Å². The maximum Gasteiger partial charge on any atom is 0.260 e. The molecule has 0 unspecified atom stereocenters. The predicted octanol–water partition coefficient (Wildman–Crippen LogP) is 6.45. The third-order valence-corrected chi connectivity index (χ3v) is 6.60. The quantitative estimate of drug-likeness (QED) is 0.258. The van der Waals surface area contributed by atoms with Crippen LogP contribution >= 0.6 is 27.3 Å². The summed E-state index contributed by atoms with van der Waals surface area (Å²) in [4.78, 5) is 20.3. The van der Waals surface area contributed by atoms with Crippen LogP contribution in [0.15, 0.2) is 76.6 Å². The van der Waals surface area contributed by atoms with Crippen molar-refractivity contribution in [3.05, 3.63) is 87.7 Å². The molecule has 1 aromatic heterocycles. The van der Waals surface area contributed by atoms with E-state index < -0.39 is 0 Å². The lowest BCUT2D eigenvalue weighted by Crippen LogP contribution is -2.30. The molecule has 0 aliphatic heterocycles. The molecule has 6 nitrogen and oxygen atoms in total. The van der Waals surface area contributed by atoms with Gasteiger partial charge in [-0.25, -0.2) is 4.98 Å². The SMILES string of the molecule is COc1cc(C(=O)N(Cc2ccccc2)c2nc(-c3ccc(Br)cc3)cs2)cc(OC)c1OC. The molecule has 0 fully saturated rings. The van der Waals surface area contributed by atoms with Crippen LogP contribution in [0.25, 0.3) is 11.3 Å². The zero-order valence-corrected chi connectivity index (χ0v) is 21.4. The van der Waals surface area contributed by atoms with E-state index in [1.165, 1.54) is 32.7 Å². The molecule has 0 bridgehead atoms. The molecule has 0 saturated carbocycles. The molecule has 0 atom stereocenters. The Morgan fingerprint density at radius 3 is 2.18 bits per heavy atom. The molecular weight excluding hydrogens is 516 g/mol. The molecule has 1 amide bonds. The van der Waals surface area contributed by atoms with Gasteiger partial charge in [0, 0.05) is 21.0 Å². The average Bonchev–Trinajstić information content (AvgIpc) is 3.37. The predicted molar refractivity (Wildman–Crippen MR) is 138 cm³/mol. The van der Waals surface area contributed by atoms with Crippen LogP contribution in [0.2, 0.25) is 0 Å². The van der Waals surface area contributed by atoms with Crippen molar-refractivity contribution in [2.45, 2.75) is 6.54 Å². The van der Waals surface area contributed by atoms with E-state index in [2.05, 4.69) is 15.9 Å². The molecule has 1 heterocycles. The van der Waals surface area contributed by atoms with Gasteiger partial charge < -0.3 is 14.2 Å². The lowest BCUT2D eigenvalue weighted by atomic mass is 10.1. The highest BCUT2D eigenvalue weighted by Gasteiger charge is 2.25. The molecule has 0 spiro atoms. The van der Waals surface area contributed by atoms with Gasteiger partial charge in [0.2, 0.25) is 5.75 Å². The van der Waals surface area contributed by atoms with Gasteiger partial charge in [-0.3, -0.25) is 9.69 Å². The number of methoxy groups -OCH3 is 3. The van der Waals surface area contributed by atoms with Crippen LogP contribution in [0.3, 0.4) is 0 Å². The summed E-state index contributed by atoms with van der Waals surface area (Å²) in [5, 5.41) is 2.56. The standard InChI is InChI=1S/C26H23BrN2O4S/c1-31-22-13-19(14-23(32-2)24(22)33-3)25(30)29(15-17-7-5-4-6-8-17)26-28-21(16-34-26)18-9-11-20(27)12-10-18/h4-14,16H,15H2,1-3H3. The van der Waals surface area contributed by atoms with Gasteiger partial charge in [-0.05, 0) is 29.8 Å². The Morgan fingerprint density at radius 1 is 0.941 bits per heavy atom. The first kappa shape index (κ1) is 23.8. The van der Waals surface area contributed by atoms with Crippen LogP contribution < -0.4 is 19.1 Å². The normalized spacial score (nSPS) is 10.6.